The van der Waals surface area contributed by atoms with Crippen LogP contribution in [0.3, 0.4) is 0 Å². The van der Waals surface area contributed by atoms with E-state index in [0.29, 0.717) is 18.9 Å². The number of carbonyl (C=O) groups excluding carboxylic acids is 1. The quantitative estimate of drug-likeness (QED) is 0.794. The number of hydrogen-bond donors (Lipinski definition) is 1. The summed E-state index contributed by atoms with van der Waals surface area (Å²) < 4.78 is 6.61. The summed E-state index contributed by atoms with van der Waals surface area (Å²) in [5.41, 5.74) is 0.977. The maximum atomic E-state index is 11.9. The molecule has 1 rings (SSSR count). The number of rotatable bonds is 6. The SMILES string of the molecule is CCOC(=O)c1nnn(C(C)C(C)O)c1CC(C)C. The minimum absolute atomic E-state index is 0.232. The van der Waals surface area contributed by atoms with Crippen LogP contribution in [0, 0.1) is 5.92 Å². The van der Waals surface area contributed by atoms with Gasteiger partial charge in [-0.15, -0.1) is 5.10 Å². The predicted octanol–water partition coefficient (Wildman–Crippen LogP) is 1.60. The van der Waals surface area contributed by atoms with Crippen molar-refractivity contribution in [2.45, 2.75) is 53.2 Å². The number of nitrogens with zero attached hydrogens (tertiary/aromatic N) is 3. The lowest BCUT2D eigenvalue weighted by molar-refractivity contribution is 0.0517. The second-order valence-corrected chi connectivity index (χ2v) is 5.13. The van der Waals surface area contributed by atoms with Crippen molar-refractivity contribution in [3.05, 3.63) is 11.4 Å². The van der Waals surface area contributed by atoms with Crippen LogP contribution in [0.15, 0.2) is 0 Å². The molecule has 0 fully saturated rings. The van der Waals surface area contributed by atoms with E-state index in [2.05, 4.69) is 24.2 Å². The first-order valence-electron chi connectivity index (χ1n) is 6.67. The molecule has 0 aromatic carbocycles. The van der Waals surface area contributed by atoms with Crippen LogP contribution in [-0.4, -0.2) is 38.8 Å². The molecule has 0 amide bonds. The van der Waals surface area contributed by atoms with E-state index < -0.39 is 12.1 Å². The molecule has 0 saturated carbocycles. The van der Waals surface area contributed by atoms with Gasteiger partial charge in [0.25, 0.3) is 0 Å². The second kappa shape index (κ2) is 6.65. The molecule has 0 spiro atoms. The molecular formula is C13H23N3O3. The number of carbonyl (C=O) groups is 1. The highest BCUT2D eigenvalue weighted by Gasteiger charge is 2.25. The summed E-state index contributed by atoms with van der Waals surface area (Å²) in [6.45, 7) is 9.70. The zero-order valence-corrected chi connectivity index (χ0v) is 12.3. The van der Waals surface area contributed by atoms with Crippen LogP contribution in [0.1, 0.15) is 56.8 Å². The maximum absolute atomic E-state index is 11.9. The summed E-state index contributed by atoms with van der Waals surface area (Å²) >= 11 is 0. The molecule has 6 nitrogen and oxygen atoms in total. The predicted molar refractivity (Wildman–Crippen MR) is 70.9 cm³/mol. The molecule has 0 bridgehead atoms. The minimum atomic E-state index is -0.567. The minimum Gasteiger partial charge on any atom is -0.461 e. The molecular weight excluding hydrogens is 246 g/mol. The van der Waals surface area contributed by atoms with Crippen molar-refractivity contribution in [2.24, 2.45) is 5.92 Å². The number of esters is 1. The zero-order valence-electron chi connectivity index (χ0n) is 12.3. The third-order valence-electron chi connectivity index (χ3n) is 2.95. The van der Waals surface area contributed by atoms with Crippen molar-refractivity contribution >= 4 is 5.97 Å². The van der Waals surface area contributed by atoms with Crippen molar-refractivity contribution in [2.75, 3.05) is 6.61 Å². The van der Waals surface area contributed by atoms with Crippen LogP contribution in [-0.2, 0) is 11.2 Å². The van der Waals surface area contributed by atoms with Crippen LogP contribution in [0.2, 0.25) is 0 Å². The van der Waals surface area contributed by atoms with Gasteiger partial charge in [-0.05, 0) is 33.1 Å². The van der Waals surface area contributed by atoms with Crippen LogP contribution in [0.4, 0.5) is 0 Å². The van der Waals surface area contributed by atoms with E-state index in [9.17, 15) is 9.90 Å². The Kier molecular flexibility index (Phi) is 5.47. The normalized spacial score (nSPS) is 14.5. The van der Waals surface area contributed by atoms with E-state index in [-0.39, 0.29) is 11.7 Å². The molecule has 1 aromatic rings. The third kappa shape index (κ3) is 3.76. The van der Waals surface area contributed by atoms with Gasteiger partial charge in [0, 0.05) is 0 Å². The van der Waals surface area contributed by atoms with Crippen LogP contribution >= 0.6 is 0 Å². The molecule has 2 atom stereocenters. The second-order valence-electron chi connectivity index (χ2n) is 5.13. The number of aliphatic hydroxyl groups is 1. The van der Waals surface area contributed by atoms with Gasteiger partial charge in [0.15, 0.2) is 5.69 Å². The fraction of sp³-hybridized carbons (Fsp3) is 0.769. The fourth-order valence-corrected chi connectivity index (χ4v) is 1.78. The summed E-state index contributed by atoms with van der Waals surface area (Å²) in [5, 5.41) is 17.6. The van der Waals surface area contributed by atoms with Gasteiger partial charge in [0.05, 0.1) is 24.4 Å². The molecule has 0 aliphatic heterocycles. The van der Waals surface area contributed by atoms with Gasteiger partial charge in [-0.1, -0.05) is 19.1 Å². The van der Waals surface area contributed by atoms with E-state index >= 15 is 0 Å². The van der Waals surface area contributed by atoms with E-state index in [1.165, 1.54) is 0 Å². The average molecular weight is 269 g/mol. The van der Waals surface area contributed by atoms with Crippen molar-refractivity contribution < 1.29 is 14.6 Å². The van der Waals surface area contributed by atoms with E-state index in [1.807, 2.05) is 6.92 Å². The molecule has 1 heterocycles. The van der Waals surface area contributed by atoms with Crippen molar-refractivity contribution in [1.29, 1.82) is 0 Å². The first-order valence-corrected chi connectivity index (χ1v) is 6.67. The highest BCUT2D eigenvalue weighted by Crippen LogP contribution is 2.19. The van der Waals surface area contributed by atoms with Gasteiger partial charge in [-0.2, -0.15) is 0 Å². The maximum Gasteiger partial charge on any atom is 0.360 e. The van der Waals surface area contributed by atoms with Crippen LogP contribution < -0.4 is 0 Å². The van der Waals surface area contributed by atoms with Crippen molar-refractivity contribution in [3.63, 3.8) is 0 Å². The number of aromatic nitrogens is 3. The lowest BCUT2D eigenvalue weighted by atomic mass is 10.1. The number of aliphatic hydroxyl groups excluding tert-OH is 1. The van der Waals surface area contributed by atoms with Gasteiger partial charge in [-0.3, -0.25) is 0 Å². The van der Waals surface area contributed by atoms with Crippen molar-refractivity contribution in [1.82, 2.24) is 15.0 Å². The van der Waals surface area contributed by atoms with Crippen molar-refractivity contribution in [3.8, 4) is 0 Å². The molecule has 0 saturated heterocycles. The molecule has 2 unspecified atom stereocenters. The monoisotopic (exact) mass is 269 g/mol. The van der Waals surface area contributed by atoms with Crippen LogP contribution in [0.25, 0.3) is 0 Å². The van der Waals surface area contributed by atoms with Gasteiger partial charge in [-0.25, -0.2) is 9.48 Å². The summed E-state index contributed by atoms with van der Waals surface area (Å²) in [5.74, 6) is -0.103. The van der Waals surface area contributed by atoms with Gasteiger partial charge >= 0.3 is 5.97 Å². The number of hydrogen-bond acceptors (Lipinski definition) is 5. The molecule has 0 aliphatic carbocycles. The Balaban J connectivity index is 3.15. The largest absolute Gasteiger partial charge is 0.461 e. The Bertz CT molecular complexity index is 427. The Hall–Kier alpha value is -1.43. The smallest absolute Gasteiger partial charge is 0.360 e. The summed E-state index contributed by atoms with van der Waals surface area (Å²) in [6, 6.07) is -0.232. The molecule has 0 aliphatic rings. The van der Waals surface area contributed by atoms with Crippen LogP contribution in [0.5, 0.6) is 0 Å². The average Bonchev–Trinajstić information content (AvgIpc) is 2.71. The summed E-state index contributed by atoms with van der Waals surface area (Å²) in [4.78, 5) is 11.9. The van der Waals surface area contributed by atoms with E-state index in [4.69, 9.17) is 4.74 Å². The Morgan fingerprint density at radius 1 is 1.37 bits per heavy atom. The summed E-state index contributed by atoms with van der Waals surface area (Å²) in [6.07, 6.45) is 0.0979. The fourth-order valence-electron chi connectivity index (χ4n) is 1.78. The van der Waals surface area contributed by atoms with Gasteiger partial charge < -0.3 is 9.84 Å². The molecule has 0 radical (unpaired) electrons. The standard InChI is InChI=1S/C13H23N3O3/c1-6-19-13(18)12-11(7-8(2)3)16(15-14-12)9(4)10(5)17/h8-10,17H,6-7H2,1-5H3. The third-order valence-corrected chi connectivity index (χ3v) is 2.95. The molecule has 1 N–H and O–H groups in total. The summed E-state index contributed by atoms with van der Waals surface area (Å²) in [7, 11) is 0. The highest BCUT2D eigenvalue weighted by atomic mass is 16.5. The zero-order chi connectivity index (χ0) is 14.6. The lowest BCUT2D eigenvalue weighted by Gasteiger charge is -2.18. The molecule has 6 heteroatoms. The number of ether oxygens (including phenoxy) is 1. The highest BCUT2D eigenvalue weighted by molar-refractivity contribution is 5.88. The van der Waals surface area contributed by atoms with E-state index in [0.717, 1.165) is 5.69 Å². The Morgan fingerprint density at radius 3 is 2.47 bits per heavy atom. The van der Waals surface area contributed by atoms with E-state index in [1.54, 1.807) is 18.5 Å². The molecule has 19 heavy (non-hydrogen) atoms. The van der Waals surface area contributed by atoms with Gasteiger partial charge in [0.2, 0.25) is 0 Å². The Labute approximate surface area is 113 Å². The van der Waals surface area contributed by atoms with Gasteiger partial charge in [0.1, 0.15) is 0 Å². The molecule has 1 aromatic heterocycles. The lowest BCUT2D eigenvalue weighted by Crippen LogP contribution is -2.23. The Morgan fingerprint density at radius 2 is 2.00 bits per heavy atom. The molecule has 108 valence electrons. The topological polar surface area (TPSA) is 77.2 Å². The first kappa shape index (κ1) is 15.6. The first-order chi connectivity index (χ1) is 8.88.